The number of ether oxygens (including phenoxy) is 1. The van der Waals surface area contributed by atoms with Crippen LogP contribution < -0.4 is 10.1 Å². The molecule has 0 fully saturated rings. The largest absolute Gasteiger partial charge is 0.496 e. The van der Waals surface area contributed by atoms with Gasteiger partial charge in [-0.2, -0.15) is 0 Å². The Kier molecular flexibility index (Phi) is 6.81. The molecule has 0 spiro atoms. The molecule has 0 aromatic heterocycles. The molecule has 0 aliphatic carbocycles. The molecule has 0 aliphatic rings. The minimum atomic E-state index is 0.572. The minimum Gasteiger partial charge on any atom is -0.496 e. The van der Waals surface area contributed by atoms with E-state index in [1.54, 1.807) is 7.11 Å². The van der Waals surface area contributed by atoms with Crippen LogP contribution in [-0.2, 0) is 6.42 Å². The van der Waals surface area contributed by atoms with E-state index < -0.39 is 0 Å². The number of hydrogen-bond donors (Lipinski definition) is 1. The fourth-order valence-corrected chi connectivity index (χ4v) is 2.00. The highest BCUT2D eigenvalue weighted by atomic mass is 16.5. The number of methoxy groups -OCH3 is 1. The van der Waals surface area contributed by atoms with Crippen molar-refractivity contribution in [2.24, 2.45) is 0 Å². The van der Waals surface area contributed by atoms with Crippen LogP contribution in [0.4, 0.5) is 0 Å². The molecule has 0 aliphatic heterocycles. The summed E-state index contributed by atoms with van der Waals surface area (Å²) in [6.07, 6.45) is 3.54. The van der Waals surface area contributed by atoms with Crippen molar-refractivity contribution in [3.8, 4) is 5.75 Å². The van der Waals surface area contributed by atoms with E-state index in [0.717, 1.165) is 25.3 Å². The van der Waals surface area contributed by atoms with Gasteiger partial charge in [-0.25, -0.2) is 0 Å². The molecule has 0 radical (unpaired) electrons. The number of rotatable bonds is 8. The zero-order valence-corrected chi connectivity index (χ0v) is 12.3. The first-order valence-electron chi connectivity index (χ1n) is 7.06. The summed E-state index contributed by atoms with van der Waals surface area (Å²) in [5.41, 5.74) is 2.70. The Hall–Kier alpha value is -1.02. The van der Waals surface area contributed by atoms with Gasteiger partial charge in [0.25, 0.3) is 0 Å². The molecular weight excluding hydrogens is 222 g/mol. The lowest BCUT2D eigenvalue weighted by Gasteiger charge is -2.13. The standard InChI is InChI=1S/C16H27NO/c1-5-6-10-17-11-9-15-12-14(13(2)3)7-8-16(15)18-4/h7-8,12-13,17H,5-6,9-11H2,1-4H3. The summed E-state index contributed by atoms with van der Waals surface area (Å²) in [7, 11) is 1.75. The van der Waals surface area contributed by atoms with Crippen molar-refractivity contribution in [1.29, 1.82) is 0 Å². The predicted molar refractivity (Wildman–Crippen MR) is 78.6 cm³/mol. The molecule has 18 heavy (non-hydrogen) atoms. The quantitative estimate of drug-likeness (QED) is 0.708. The Morgan fingerprint density at radius 1 is 1.22 bits per heavy atom. The summed E-state index contributed by atoms with van der Waals surface area (Å²) in [5, 5.41) is 3.48. The van der Waals surface area contributed by atoms with Crippen molar-refractivity contribution in [2.45, 2.75) is 46.0 Å². The summed E-state index contributed by atoms with van der Waals surface area (Å²) in [6, 6.07) is 6.54. The molecular formula is C16H27NO. The van der Waals surface area contributed by atoms with Crippen LogP contribution in [0, 0.1) is 0 Å². The Labute approximate surface area is 112 Å². The average Bonchev–Trinajstić information content (AvgIpc) is 2.38. The molecule has 0 heterocycles. The lowest BCUT2D eigenvalue weighted by molar-refractivity contribution is 0.408. The van der Waals surface area contributed by atoms with Crippen molar-refractivity contribution in [3.05, 3.63) is 29.3 Å². The van der Waals surface area contributed by atoms with E-state index in [2.05, 4.69) is 44.3 Å². The fourth-order valence-electron chi connectivity index (χ4n) is 2.00. The third-order valence-electron chi connectivity index (χ3n) is 3.25. The van der Waals surface area contributed by atoms with Crippen molar-refractivity contribution in [2.75, 3.05) is 20.2 Å². The van der Waals surface area contributed by atoms with Crippen LogP contribution in [0.5, 0.6) is 5.75 Å². The lowest BCUT2D eigenvalue weighted by atomic mass is 9.99. The van der Waals surface area contributed by atoms with E-state index in [1.165, 1.54) is 24.0 Å². The van der Waals surface area contributed by atoms with Crippen LogP contribution in [0.1, 0.15) is 50.7 Å². The summed E-state index contributed by atoms with van der Waals surface area (Å²) in [4.78, 5) is 0. The molecule has 0 saturated heterocycles. The van der Waals surface area contributed by atoms with Gasteiger partial charge >= 0.3 is 0 Å². The molecule has 0 saturated carbocycles. The van der Waals surface area contributed by atoms with Gasteiger partial charge in [-0.15, -0.1) is 0 Å². The van der Waals surface area contributed by atoms with E-state index in [9.17, 15) is 0 Å². The zero-order valence-electron chi connectivity index (χ0n) is 12.3. The molecule has 1 aromatic carbocycles. The van der Waals surface area contributed by atoms with Gasteiger partial charge in [0.2, 0.25) is 0 Å². The number of nitrogens with one attached hydrogen (secondary N) is 1. The smallest absolute Gasteiger partial charge is 0.122 e. The normalized spacial score (nSPS) is 10.9. The van der Waals surface area contributed by atoms with Gasteiger partial charge in [-0.1, -0.05) is 39.3 Å². The van der Waals surface area contributed by atoms with E-state index in [-0.39, 0.29) is 0 Å². The van der Waals surface area contributed by atoms with Crippen molar-refractivity contribution >= 4 is 0 Å². The molecule has 2 heteroatoms. The van der Waals surface area contributed by atoms with Crippen molar-refractivity contribution < 1.29 is 4.74 Å². The van der Waals surface area contributed by atoms with Crippen molar-refractivity contribution in [1.82, 2.24) is 5.32 Å². The predicted octanol–water partition coefficient (Wildman–Crippen LogP) is 3.75. The molecule has 0 bridgehead atoms. The lowest BCUT2D eigenvalue weighted by Crippen LogP contribution is -2.18. The molecule has 1 rings (SSSR count). The third-order valence-corrected chi connectivity index (χ3v) is 3.25. The number of unbranched alkanes of at least 4 members (excludes halogenated alkanes) is 1. The van der Waals surface area contributed by atoms with E-state index in [1.807, 2.05) is 0 Å². The Morgan fingerprint density at radius 2 is 2.00 bits per heavy atom. The Morgan fingerprint density at radius 3 is 2.61 bits per heavy atom. The monoisotopic (exact) mass is 249 g/mol. The van der Waals surface area contributed by atoms with Crippen LogP contribution in [0.2, 0.25) is 0 Å². The molecule has 1 aromatic rings. The van der Waals surface area contributed by atoms with Crippen LogP contribution in [0.15, 0.2) is 18.2 Å². The van der Waals surface area contributed by atoms with E-state index in [4.69, 9.17) is 4.74 Å². The topological polar surface area (TPSA) is 21.3 Å². The summed E-state index contributed by atoms with van der Waals surface area (Å²) >= 11 is 0. The fraction of sp³-hybridized carbons (Fsp3) is 0.625. The van der Waals surface area contributed by atoms with Gasteiger partial charge < -0.3 is 10.1 Å². The van der Waals surface area contributed by atoms with Crippen LogP contribution in [-0.4, -0.2) is 20.2 Å². The summed E-state index contributed by atoms with van der Waals surface area (Å²) < 4.78 is 5.43. The summed E-state index contributed by atoms with van der Waals surface area (Å²) in [5.74, 6) is 1.58. The van der Waals surface area contributed by atoms with Gasteiger partial charge in [-0.3, -0.25) is 0 Å². The SMILES string of the molecule is CCCCNCCc1cc(C(C)C)ccc1OC. The van der Waals surface area contributed by atoms with E-state index >= 15 is 0 Å². The van der Waals surface area contributed by atoms with Gasteiger partial charge in [0.05, 0.1) is 7.11 Å². The third kappa shape index (κ3) is 4.69. The maximum Gasteiger partial charge on any atom is 0.122 e. The minimum absolute atomic E-state index is 0.572. The van der Waals surface area contributed by atoms with Gasteiger partial charge in [-0.05, 0) is 49.0 Å². The highest BCUT2D eigenvalue weighted by Crippen LogP contribution is 2.24. The second-order valence-corrected chi connectivity index (χ2v) is 5.08. The van der Waals surface area contributed by atoms with E-state index in [0.29, 0.717) is 5.92 Å². The Bertz CT molecular complexity index is 347. The first-order valence-corrected chi connectivity index (χ1v) is 7.06. The van der Waals surface area contributed by atoms with Gasteiger partial charge in [0, 0.05) is 0 Å². The summed E-state index contributed by atoms with van der Waals surface area (Å²) in [6.45, 7) is 8.81. The number of hydrogen-bond acceptors (Lipinski definition) is 2. The van der Waals surface area contributed by atoms with Gasteiger partial charge in [0.1, 0.15) is 5.75 Å². The zero-order chi connectivity index (χ0) is 13.4. The molecule has 2 nitrogen and oxygen atoms in total. The molecule has 0 unspecified atom stereocenters. The molecule has 1 N–H and O–H groups in total. The molecule has 0 atom stereocenters. The van der Waals surface area contributed by atoms with Crippen LogP contribution in [0.3, 0.4) is 0 Å². The second kappa shape index (κ2) is 8.15. The second-order valence-electron chi connectivity index (χ2n) is 5.08. The molecule has 0 amide bonds. The first-order chi connectivity index (χ1) is 8.69. The molecule has 102 valence electrons. The average molecular weight is 249 g/mol. The maximum absolute atomic E-state index is 5.43. The highest BCUT2D eigenvalue weighted by molar-refractivity contribution is 5.38. The first kappa shape index (κ1) is 15.0. The van der Waals surface area contributed by atoms with Gasteiger partial charge in [0.15, 0.2) is 0 Å². The van der Waals surface area contributed by atoms with Crippen LogP contribution in [0.25, 0.3) is 0 Å². The number of benzene rings is 1. The van der Waals surface area contributed by atoms with Crippen molar-refractivity contribution in [3.63, 3.8) is 0 Å². The maximum atomic E-state index is 5.43. The Balaban J connectivity index is 2.58. The van der Waals surface area contributed by atoms with Crippen LogP contribution >= 0.6 is 0 Å². The highest BCUT2D eigenvalue weighted by Gasteiger charge is 2.06.